The van der Waals surface area contributed by atoms with Crippen molar-refractivity contribution < 1.29 is 9.53 Å². The number of anilines is 3. The third-order valence-electron chi connectivity index (χ3n) is 4.68. The minimum Gasteiger partial charge on any atom is -0.465 e. The molecule has 8 heteroatoms. The van der Waals surface area contributed by atoms with Gasteiger partial charge in [-0.15, -0.1) is 0 Å². The van der Waals surface area contributed by atoms with Gasteiger partial charge in [-0.1, -0.05) is 18.2 Å². The molecular formula is C22H20BrN5O2. The Kier molecular flexibility index (Phi) is 5.41. The summed E-state index contributed by atoms with van der Waals surface area (Å²) >= 11 is 3.43. The number of ether oxygens (including phenoxy) is 1. The van der Waals surface area contributed by atoms with Crippen LogP contribution in [0.2, 0.25) is 0 Å². The van der Waals surface area contributed by atoms with Crippen LogP contribution in [0.25, 0.3) is 16.9 Å². The van der Waals surface area contributed by atoms with Crippen LogP contribution in [0.3, 0.4) is 0 Å². The fraction of sp³-hybridized carbons (Fsp3) is 0.136. The number of aromatic nitrogens is 3. The second-order valence-electron chi connectivity index (χ2n) is 6.89. The highest BCUT2D eigenvalue weighted by molar-refractivity contribution is 9.10. The molecule has 2 aromatic carbocycles. The summed E-state index contributed by atoms with van der Waals surface area (Å²) in [5.74, 6) is 0.385. The molecule has 1 N–H and O–H groups in total. The van der Waals surface area contributed by atoms with E-state index in [1.165, 1.54) is 7.11 Å². The number of halogens is 1. The Morgan fingerprint density at radius 3 is 2.63 bits per heavy atom. The molecule has 2 aromatic heterocycles. The van der Waals surface area contributed by atoms with Gasteiger partial charge in [0.25, 0.3) is 0 Å². The number of hydrogen-bond donors (Lipinski definition) is 1. The average molecular weight is 466 g/mol. The Labute approximate surface area is 182 Å². The minimum absolute atomic E-state index is 0.386. The van der Waals surface area contributed by atoms with Crippen molar-refractivity contribution in [2.24, 2.45) is 0 Å². The molecule has 2 heterocycles. The number of hydrogen-bond acceptors (Lipinski definition) is 6. The van der Waals surface area contributed by atoms with E-state index in [4.69, 9.17) is 9.72 Å². The van der Waals surface area contributed by atoms with E-state index in [1.807, 2.05) is 47.8 Å². The zero-order valence-electron chi connectivity index (χ0n) is 16.8. The molecule has 0 atom stereocenters. The fourth-order valence-corrected chi connectivity index (χ4v) is 3.45. The SMILES string of the molecule is COC(=O)c1cccc(Nc2c(-c3ccc(N(C)C)cc3)nc3cnc(Br)cn23)c1. The van der Waals surface area contributed by atoms with Crippen LogP contribution in [0.4, 0.5) is 17.2 Å². The molecule has 0 bridgehead atoms. The van der Waals surface area contributed by atoms with Crippen molar-refractivity contribution in [3.8, 4) is 11.3 Å². The normalized spacial score (nSPS) is 10.8. The molecule has 30 heavy (non-hydrogen) atoms. The van der Waals surface area contributed by atoms with Gasteiger partial charge in [0.05, 0.1) is 18.9 Å². The number of nitrogens with one attached hydrogen (secondary N) is 1. The summed E-state index contributed by atoms with van der Waals surface area (Å²) in [5.41, 5.74) is 4.77. The standard InChI is InChI=1S/C22H20BrN5O2/c1-27(2)17-9-7-14(8-10-17)20-21(28-13-18(23)24-12-19(28)26-20)25-16-6-4-5-15(11-16)22(29)30-3/h4-13,25H,1-3H3. The Hall–Kier alpha value is -3.39. The highest BCUT2D eigenvalue weighted by Gasteiger charge is 2.16. The Bertz CT molecular complexity index is 1220. The number of carbonyl (C=O) groups is 1. The van der Waals surface area contributed by atoms with Crippen LogP contribution in [0.1, 0.15) is 10.4 Å². The van der Waals surface area contributed by atoms with Crippen LogP contribution in [0, 0.1) is 0 Å². The molecule has 0 radical (unpaired) electrons. The van der Waals surface area contributed by atoms with Crippen LogP contribution >= 0.6 is 15.9 Å². The zero-order valence-corrected chi connectivity index (χ0v) is 18.3. The fourth-order valence-electron chi connectivity index (χ4n) is 3.15. The third-order valence-corrected chi connectivity index (χ3v) is 5.09. The average Bonchev–Trinajstić information content (AvgIpc) is 3.11. The molecule has 0 aliphatic heterocycles. The molecule has 4 rings (SSSR count). The molecule has 0 fully saturated rings. The van der Waals surface area contributed by atoms with Gasteiger partial charge in [0, 0.05) is 37.2 Å². The lowest BCUT2D eigenvalue weighted by Gasteiger charge is -2.13. The number of esters is 1. The summed E-state index contributed by atoms with van der Waals surface area (Å²) in [6.45, 7) is 0. The van der Waals surface area contributed by atoms with Crippen LogP contribution in [-0.4, -0.2) is 41.5 Å². The molecule has 7 nitrogen and oxygen atoms in total. The van der Waals surface area contributed by atoms with Gasteiger partial charge in [-0.25, -0.2) is 14.8 Å². The van der Waals surface area contributed by atoms with Gasteiger partial charge in [-0.05, 0) is 46.3 Å². The summed E-state index contributed by atoms with van der Waals surface area (Å²) in [7, 11) is 5.38. The van der Waals surface area contributed by atoms with Crippen molar-refractivity contribution >= 4 is 44.7 Å². The van der Waals surface area contributed by atoms with Crippen LogP contribution < -0.4 is 10.2 Å². The van der Waals surface area contributed by atoms with Crippen LogP contribution in [0.15, 0.2) is 65.5 Å². The lowest BCUT2D eigenvalue weighted by molar-refractivity contribution is 0.0601. The topological polar surface area (TPSA) is 71.8 Å². The Balaban J connectivity index is 1.82. The van der Waals surface area contributed by atoms with E-state index in [0.717, 1.165) is 28.5 Å². The molecule has 0 unspecified atom stereocenters. The molecule has 0 aliphatic rings. The maximum Gasteiger partial charge on any atom is 0.337 e. The van der Waals surface area contributed by atoms with E-state index >= 15 is 0 Å². The lowest BCUT2D eigenvalue weighted by Crippen LogP contribution is -2.08. The maximum atomic E-state index is 11.9. The predicted octanol–water partition coefficient (Wildman–Crippen LogP) is 4.76. The molecule has 4 aromatic rings. The number of fused-ring (bicyclic) bond motifs is 1. The summed E-state index contributed by atoms with van der Waals surface area (Å²) in [4.78, 5) is 23.0. The van der Waals surface area contributed by atoms with E-state index in [2.05, 4.69) is 38.4 Å². The number of benzene rings is 2. The van der Waals surface area contributed by atoms with E-state index in [-0.39, 0.29) is 5.97 Å². The van der Waals surface area contributed by atoms with Gasteiger partial charge in [0.1, 0.15) is 16.1 Å². The van der Waals surface area contributed by atoms with Crippen molar-refractivity contribution in [1.82, 2.24) is 14.4 Å². The van der Waals surface area contributed by atoms with Gasteiger partial charge < -0.3 is 15.0 Å². The lowest BCUT2D eigenvalue weighted by atomic mass is 10.1. The first-order valence-electron chi connectivity index (χ1n) is 9.23. The van der Waals surface area contributed by atoms with Crippen LogP contribution in [0.5, 0.6) is 0 Å². The monoisotopic (exact) mass is 465 g/mol. The maximum absolute atomic E-state index is 11.9. The van der Waals surface area contributed by atoms with E-state index in [0.29, 0.717) is 15.8 Å². The molecule has 0 spiro atoms. The quantitative estimate of drug-likeness (QED) is 0.428. The molecule has 0 amide bonds. The van der Waals surface area contributed by atoms with E-state index in [9.17, 15) is 4.79 Å². The molecular weight excluding hydrogens is 446 g/mol. The van der Waals surface area contributed by atoms with Crippen molar-refractivity contribution in [3.05, 3.63) is 71.1 Å². The third kappa shape index (κ3) is 3.86. The zero-order chi connectivity index (χ0) is 21.3. The summed E-state index contributed by atoms with van der Waals surface area (Å²) in [6, 6.07) is 15.3. The van der Waals surface area contributed by atoms with E-state index in [1.54, 1.807) is 24.4 Å². The van der Waals surface area contributed by atoms with Gasteiger partial charge in [-0.2, -0.15) is 0 Å². The van der Waals surface area contributed by atoms with Gasteiger partial charge in [0.15, 0.2) is 5.65 Å². The van der Waals surface area contributed by atoms with Crippen molar-refractivity contribution in [2.45, 2.75) is 0 Å². The summed E-state index contributed by atoms with van der Waals surface area (Å²) in [5, 5.41) is 3.41. The minimum atomic E-state index is -0.386. The molecule has 0 aliphatic carbocycles. The van der Waals surface area contributed by atoms with Gasteiger partial charge in [-0.3, -0.25) is 4.40 Å². The smallest absolute Gasteiger partial charge is 0.337 e. The Morgan fingerprint density at radius 1 is 1.17 bits per heavy atom. The molecule has 0 saturated heterocycles. The Morgan fingerprint density at radius 2 is 1.93 bits per heavy atom. The number of methoxy groups -OCH3 is 1. The van der Waals surface area contributed by atoms with Crippen LogP contribution in [-0.2, 0) is 4.74 Å². The predicted molar refractivity (Wildman–Crippen MR) is 122 cm³/mol. The molecule has 152 valence electrons. The number of nitrogens with zero attached hydrogens (tertiary/aromatic N) is 4. The van der Waals surface area contributed by atoms with Gasteiger partial charge in [0.2, 0.25) is 0 Å². The summed E-state index contributed by atoms with van der Waals surface area (Å²) in [6.07, 6.45) is 3.56. The highest BCUT2D eigenvalue weighted by atomic mass is 79.9. The van der Waals surface area contributed by atoms with E-state index < -0.39 is 0 Å². The van der Waals surface area contributed by atoms with Crippen molar-refractivity contribution in [3.63, 3.8) is 0 Å². The first-order chi connectivity index (χ1) is 14.5. The first kappa shape index (κ1) is 19.9. The van der Waals surface area contributed by atoms with Crippen molar-refractivity contribution in [2.75, 3.05) is 31.4 Å². The second-order valence-corrected chi connectivity index (χ2v) is 7.70. The summed E-state index contributed by atoms with van der Waals surface area (Å²) < 4.78 is 7.45. The first-order valence-corrected chi connectivity index (χ1v) is 10.0. The number of carbonyl (C=O) groups excluding carboxylic acids is 1. The van der Waals surface area contributed by atoms with Gasteiger partial charge >= 0.3 is 5.97 Å². The second kappa shape index (κ2) is 8.16. The largest absolute Gasteiger partial charge is 0.465 e. The number of rotatable bonds is 5. The number of imidazole rings is 1. The highest BCUT2D eigenvalue weighted by Crippen LogP contribution is 2.32. The molecule has 0 saturated carbocycles. The van der Waals surface area contributed by atoms with Crippen molar-refractivity contribution in [1.29, 1.82) is 0 Å².